The van der Waals surface area contributed by atoms with E-state index in [4.69, 9.17) is 16.3 Å². The van der Waals surface area contributed by atoms with Gasteiger partial charge in [0.05, 0.1) is 0 Å². The molecular formula is C32H33ClN2O3. The van der Waals surface area contributed by atoms with Crippen molar-refractivity contribution in [3.8, 4) is 5.75 Å². The molecule has 2 amide bonds. The van der Waals surface area contributed by atoms with Crippen LogP contribution in [-0.4, -0.2) is 34.9 Å². The number of carbonyl (C=O) groups is 2. The van der Waals surface area contributed by atoms with Crippen LogP contribution in [0, 0.1) is 0 Å². The molecule has 0 aliphatic heterocycles. The number of halogens is 1. The van der Waals surface area contributed by atoms with Gasteiger partial charge >= 0.3 is 0 Å². The molecule has 4 rings (SSSR count). The van der Waals surface area contributed by atoms with E-state index in [-0.39, 0.29) is 25.0 Å². The summed E-state index contributed by atoms with van der Waals surface area (Å²) in [4.78, 5) is 29.1. The first-order valence-corrected chi connectivity index (χ1v) is 13.1. The quantitative estimate of drug-likeness (QED) is 0.272. The number of rotatable bonds is 9. The smallest absolute Gasteiger partial charge is 0.261 e. The van der Waals surface area contributed by atoms with Crippen LogP contribution >= 0.6 is 11.6 Å². The number of nitrogens with one attached hydrogen (secondary N) is 1. The number of amides is 2. The molecule has 0 saturated carbocycles. The van der Waals surface area contributed by atoms with Gasteiger partial charge < -0.3 is 15.0 Å². The fourth-order valence-corrected chi connectivity index (χ4v) is 4.46. The van der Waals surface area contributed by atoms with E-state index in [2.05, 4.69) is 5.32 Å². The highest BCUT2D eigenvalue weighted by molar-refractivity contribution is 6.30. The molecular weight excluding hydrogens is 496 g/mol. The maximum atomic E-state index is 13.8. The third kappa shape index (κ3) is 7.36. The van der Waals surface area contributed by atoms with Crippen LogP contribution < -0.4 is 10.1 Å². The number of nitrogens with zero attached hydrogens (tertiary/aromatic N) is 1. The second-order valence-electron chi connectivity index (χ2n) is 10.4. The molecule has 4 aromatic carbocycles. The van der Waals surface area contributed by atoms with E-state index >= 15 is 0 Å². The van der Waals surface area contributed by atoms with Crippen molar-refractivity contribution in [1.29, 1.82) is 0 Å². The normalized spacial score (nSPS) is 12.1. The average molecular weight is 529 g/mol. The molecule has 0 aliphatic rings. The van der Waals surface area contributed by atoms with Gasteiger partial charge in [0.25, 0.3) is 5.91 Å². The van der Waals surface area contributed by atoms with Gasteiger partial charge in [-0.25, -0.2) is 0 Å². The van der Waals surface area contributed by atoms with Crippen LogP contribution in [0.2, 0.25) is 5.02 Å². The van der Waals surface area contributed by atoms with Crippen molar-refractivity contribution < 1.29 is 14.3 Å². The van der Waals surface area contributed by atoms with Gasteiger partial charge in [-0.05, 0) is 55.5 Å². The Bertz CT molecular complexity index is 1380. The molecule has 0 heterocycles. The van der Waals surface area contributed by atoms with Crippen molar-refractivity contribution in [2.24, 2.45) is 0 Å². The van der Waals surface area contributed by atoms with Crippen molar-refractivity contribution >= 4 is 34.2 Å². The molecule has 196 valence electrons. The molecule has 5 nitrogen and oxygen atoms in total. The van der Waals surface area contributed by atoms with Gasteiger partial charge in [0, 0.05) is 28.9 Å². The molecule has 0 fully saturated rings. The Balaban J connectivity index is 1.65. The zero-order chi connectivity index (χ0) is 27.1. The third-order valence-electron chi connectivity index (χ3n) is 6.14. The van der Waals surface area contributed by atoms with Crippen LogP contribution in [0.1, 0.15) is 31.9 Å². The maximum absolute atomic E-state index is 13.8. The van der Waals surface area contributed by atoms with Gasteiger partial charge in [-0.2, -0.15) is 0 Å². The van der Waals surface area contributed by atoms with Gasteiger partial charge in [0.15, 0.2) is 6.61 Å². The lowest BCUT2D eigenvalue weighted by atomic mass is 10.0. The van der Waals surface area contributed by atoms with Crippen molar-refractivity contribution in [3.05, 3.63) is 113 Å². The van der Waals surface area contributed by atoms with Crippen molar-refractivity contribution in [2.45, 2.75) is 45.3 Å². The molecule has 6 heteroatoms. The van der Waals surface area contributed by atoms with E-state index < -0.39 is 11.6 Å². The summed E-state index contributed by atoms with van der Waals surface area (Å²) in [6, 6.07) is 29.9. The summed E-state index contributed by atoms with van der Waals surface area (Å²) in [5, 5.41) is 5.64. The molecule has 38 heavy (non-hydrogen) atoms. The van der Waals surface area contributed by atoms with Gasteiger partial charge in [-0.1, -0.05) is 90.5 Å². The van der Waals surface area contributed by atoms with E-state index in [1.54, 1.807) is 17.0 Å². The summed E-state index contributed by atoms with van der Waals surface area (Å²) in [6.45, 7) is 5.83. The Morgan fingerprint density at radius 3 is 2.21 bits per heavy atom. The van der Waals surface area contributed by atoms with Gasteiger partial charge in [0.1, 0.15) is 11.8 Å². The first-order valence-electron chi connectivity index (χ1n) is 12.7. The Kier molecular flexibility index (Phi) is 8.70. The predicted molar refractivity (Wildman–Crippen MR) is 153 cm³/mol. The first-order chi connectivity index (χ1) is 18.2. The van der Waals surface area contributed by atoms with E-state index in [9.17, 15) is 9.59 Å². The summed E-state index contributed by atoms with van der Waals surface area (Å²) < 4.78 is 6.06. The van der Waals surface area contributed by atoms with Gasteiger partial charge in [-0.15, -0.1) is 0 Å². The summed E-state index contributed by atoms with van der Waals surface area (Å²) in [5.74, 6) is 0.133. The number of carbonyl (C=O) groups excluding carboxylic acids is 2. The lowest BCUT2D eigenvalue weighted by Crippen LogP contribution is -2.55. The highest BCUT2D eigenvalue weighted by Gasteiger charge is 2.32. The molecule has 0 unspecified atom stereocenters. The van der Waals surface area contributed by atoms with E-state index in [1.807, 2.05) is 106 Å². The fraction of sp³-hybridized carbons (Fsp3) is 0.250. The molecule has 0 aliphatic carbocycles. The summed E-state index contributed by atoms with van der Waals surface area (Å²) >= 11 is 6.10. The number of hydrogen-bond acceptors (Lipinski definition) is 3. The Labute approximate surface area is 229 Å². The second kappa shape index (κ2) is 12.1. The van der Waals surface area contributed by atoms with E-state index in [0.717, 1.165) is 21.9 Å². The summed E-state index contributed by atoms with van der Waals surface area (Å²) in [5.41, 5.74) is 1.38. The zero-order valence-electron chi connectivity index (χ0n) is 22.0. The Morgan fingerprint density at radius 1 is 0.842 bits per heavy atom. The Hall–Kier alpha value is -3.83. The summed E-state index contributed by atoms with van der Waals surface area (Å²) in [6.07, 6.45) is 0.371. The van der Waals surface area contributed by atoms with Crippen LogP contribution in [0.3, 0.4) is 0 Å². The maximum Gasteiger partial charge on any atom is 0.261 e. The van der Waals surface area contributed by atoms with Crippen molar-refractivity contribution in [2.75, 3.05) is 6.61 Å². The summed E-state index contributed by atoms with van der Waals surface area (Å²) in [7, 11) is 0. The zero-order valence-corrected chi connectivity index (χ0v) is 22.7. The molecule has 4 aromatic rings. The first kappa shape index (κ1) is 27.2. The SMILES string of the molecule is CC(C)(C)NC(=O)[C@@H](Cc1ccccc1)N(Cc1ccc(Cl)cc1)C(=O)COc1cccc2ccccc12. The Morgan fingerprint density at radius 2 is 1.50 bits per heavy atom. The topological polar surface area (TPSA) is 58.6 Å². The van der Waals surface area contributed by atoms with Crippen LogP contribution in [0.25, 0.3) is 10.8 Å². The molecule has 0 spiro atoms. The highest BCUT2D eigenvalue weighted by Crippen LogP contribution is 2.25. The van der Waals surface area contributed by atoms with Crippen molar-refractivity contribution in [1.82, 2.24) is 10.2 Å². The van der Waals surface area contributed by atoms with E-state index in [0.29, 0.717) is 17.2 Å². The van der Waals surface area contributed by atoms with Gasteiger partial charge in [0.2, 0.25) is 5.91 Å². The lowest BCUT2D eigenvalue weighted by molar-refractivity contribution is -0.143. The molecule has 0 bridgehead atoms. The number of benzene rings is 4. The largest absolute Gasteiger partial charge is 0.483 e. The fourth-order valence-electron chi connectivity index (χ4n) is 4.34. The van der Waals surface area contributed by atoms with Crippen LogP contribution in [0.5, 0.6) is 5.75 Å². The molecule has 0 aromatic heterocycles. The minimum absolute atomic E-state index is 0.199. The predicted octanol–water partition coefficient (Wildman–Crippen LogP) is 6.43. The number of fused-ring (bicyclic) bond motifs is 1. The molecule has 1 N–H and O–H groups in total. The van der Waals surface area contributed by atoms with Crippen LogP contribution in [0.4, 0.5) is 0 Å². The third-order valence-corrected chi connectivity index (χ3v) is 6.39. The minimum atomic E-state index is -0.740. The van der Waals surface area contributed by atoms with Crippen LogP contribution in [-0.2, 0) is 22.6 Å². The van der Waals surface area contributed by atoms with Crippen molar-refractivity contribution in [3.63, 3.8) is 0 Å². The standard InChI is InChI=1S/C32H33ClN2O3/c1-32(2,3)34-31(37)28(20-23-10-5-4-6-11-23)35(21-24-16-18-26(33)19-17-24)30(36)22-38-29-15-9-13-25-12-7-8-14-27(25)29/h4-19,28H,20-22H2,1-3H3,(H,34,37)/t28-/m1/s1. The van der Waals surface area contributed by atoms with Gasteiger partial charge in [-0.3, -0.25) is 9.59 Å². The van der Waals surface area contributed by atoms with Crippen LogP contribution in [0.15, 0.2) is 97.1 Å². The monoisotopic (exact) mass is 528 g/mol. The average Bonchev–Trinajstić information content (AvgIpc) is 2.90. The number of ether oxygens (including phenoxy) is 1. The number of hydrogen-bond donors (Lipinski definition) is 1. The molecule has 1 atom stereocenters. The highest BCUT2D eigenvalue weighted by atomic mass is 35.5. The minimum Gasteiger partial charge on any atom is -0.483 e. The lowest BCUT2D eigenvalue weighted by Gasteiger charge is -2.33. The van der Waals surface area contributed by atoms with E-state index in [1.165, 1.54) is 0 Å². The molecule has 0 saturated heterocycles. The molecule has 0 radical (unpaired) electrons. The second-order valence-corrected chi connectivity index (χ2v) is 10.8.